The van der Waals surface area contributed by atoms with E-state index >= 15 is 0 Å². The van der Waals surface area contributed by atoms with Gasteiger partial charge < -0.3 is 20.5 Å². The number of carbonyl (C=O) groups excluding carboxylic acids is 2. The van der Waals surface area contributed by atoms with E-state index in [1.165, 1.54) is 6.92 Å². The summed E-state index contributed by atoms with van der Waals surface area (Å²) in [5.74, 6) is -2.61. The summed E-state index contributed by atoms with van der Waals surface area (Å²) in [6.07, 6.45) is -4.49. The Balaban J connectivity index is 1.53. The number of hydrogen-bond acceptors (Lipinski definition) is 4. The van der Waals surface area contributed by atoms with Gasteiger partial charge in [-0.2, -0.15) is 0 Å². The molecule has 176 valence electrons. The van der Waals surface area contributed by atoms with Gasteiger partial charge in [-0.1, -0.05) is 55.5 Å². The predicted octanol–water partition coefficient (Wildman–Crippen LogP) is 3.78. The van der Waals surface area contributed by atoms with Crippen molar-refractivity contribution < 1.29 is 33.0 Å². The number of carboxylic acid groups (broad SMARTS) is 1. The zero-order valence-corrected chi connectivity index (χ0v) is 18.1. The molecule has 33 heavy (non-hydrogen) atoms. The lowest BCUT2D eigenvalue weighted by molar-refractivity contribution is -0.141. The normalized spacial score (nSPS) is 14.2. The van der Waals surface area contributed by atoms with Gasteiger partial charge in [0.05, 0.1) is 12.3 Å². The summed E-state index contributed by atoms with van der Waals surface area (Å²) in [6, 6.07) is 13.8. The van der Waals surface area contributed by atoms with Crippen LogP contribution in [0, 0.1) is 5.92 Å². The van der Waals surface area contributed by atoms with Crippen LogP contribution in [-0.2, 0) is 14.3 Å². The summed E-state index contributed by atoms with van der Waals surface area (Å²) < 4.78 is 32.0. The van der Waals surface area contributed by atoms with Gasteiger partial charge in [0, 0.05) is 12.5 Å². The van der Waals surface area contributed by atoms with E-state index < -0.39 is 42.8 Å². The van der Waals surface area contributed by atoms with E-state index in [1.54, 1.807) is 0 Å². The minimum atomic E-state index is -2.98. The van der Waals surface area contributed by atoms with E-state index in [0.29, 0.717) is 0 Å². The Morgan fingerprint density at radius 2 is 1.61 bits per heavy atom. The topological polar surface area (TPSA) is 105 Å². The fraction of sp³-hybridized carbons (Fsp3) is 0.375. The number of carboxylic acids is 1. The molecule has 0 spiro atoms. The molecule has 2 atom stereocenters. The number of ether oxygens (including phenoxy) is 1. The standard InChI is InChI=1S/C24H26F2N2O5/c1-14(23(30)31)10-11-27-21(29)12-20(22(25)26)28-24(32)33-13-19-17-8-4-2-6-15(17)16-7-3-5-9-18(16)19/h2-9,14,19-20,22H,10-13H2,1H3,(H,27,29)(H,28,32)(H,30,31). The summed E-state index contributed by atoms with van der Waals surface area (Å²) in [5.41, 5.74) is 4.07. The van der Waals surface area contributed by atoms with Gasteiger partial charge in [0.15, 0.2) is 0 Å². The molecule has 1 aliphatic rings. The van der Waals surface area contributed by atoms with Crippen molar-refractivity contribution >= 4 is 18.0 Å². The molecular formula is C24H26F2N2O5. The number of alkyl halides is 2. The van der Waals surface area contributed by atoms with E-state index in [2.05, 4.69) is 10.6 Å². The number of alkyl carbamates (subject to hydrolysis) is 1. The monoisotopic (exact) mass is 460 g/mol. The van der Waals surface area contributed by atoms with Crippen molar-refractivity contribution in [1.82, 2.24) is 10.6 Å². The van der Waals surface area contributed by atoms with E-state index in [-0.39, 0.29) is 25.5 Å². The predicted molar refractivity (Wildman–Crippen MR) is 117 cm³/mol. The lowest BCUT2D eigenvalue weighted by Crippen LogP contribution is -2.44. The SMILES string of the molecule is CC(CCNC(=O)CC(NC(=O)OCC1c2ccccc2-c2ccccc21)C(F)F)C(=O)O. The molecular weight excluding hydrogens is 434 g/mol. The quantitative estimate of drug-likeness (QED) is 0.501. The van der Waals surface area contributed by atoms with E-state index in [9.17, 15) is 23.2 Å². The molecule has 3 rings (SSSR count). The molecule has 1 aliphatic carbocycles. The number of nitrogens with one attached hydrogen (secondary N) is 2. The van der Waals surface area contributed by atoms with Crippen molar-refractivity contribution in [3.05, 3.63) is 59.7 Å². The first kappa shape index (κ1) is 24.2. The van der Waals surface area contributed by atoms with Crippen LogP contribution in [0.15, 0.2) is 48.5 Å². The van der Waals surface area contributed by atoms with Crippen molar-refractivity contribution in [2.24, 2.45) is 5.92 Å². The molecule has 3 N–H and O–H groups in total. The van der Waals surface area contributed by atoms with Gasteiger partial charge in [0.1, 0.15) is 12.6 Å². The highest BCUT2D eigenvalue weighted by molar-refractivity contribution is 5.79. The van der Waals surface area contributed by atoms with Gasteiger partial charge in [-0.3, -0.25) is 9.59 Å². The third-order valence-electron chi connectivity index (χ3n) is 5.68. The summed E-state index contributed by atoms with van der Waals surface area (Å²) in [4.78, 5) is 35.0. The first-order valence-electron chi connectivity index (χ1n) is 10.7. The van der Waals surface area contributed by atoms with E-state index in [4.69, 9.17) is 9.84 Å². The minimum absolute atomic E-state index is 0.0326. The number of carbonyl (C=O) groups is 3. The van der Waals surface area contributed by atoms with Crippen molar-refractivity contribution in [2.75, 3.05) is 13.2 Å². The summed E-state index contributed by atoms with van der Waals surface area (Å²) in [6.45, 7) is 1.48. The molecule has 0 bridgehead atoms. The number of aliphatic carboxylic acids is 1. The molecule has 7 nitrogen and oxygen atoms in total. The fourth-order valence-corrected chi connectivity index (χ4v) is 3.82. The largest absolute Gasteiger partial charge is 0.481 e. The molecule has 0 aromatic heterocycles. The molecule has 0 saturated heterocycles. The average molecular weight is 460 g/mol. The third-order valence-corrected chi connectivity index (χ3v) is 5.68. The van der Waals surface area contributed by atoms with Crippen LogP contribution in [0.3, 0.4) is 0 Å². The summed E-state index contributed by atoms with van der Waals surface area (Å²) in [5, 5.41) is 13.3. The third kappa shape index (κ3) is 6.06. The second-order valence-electron chi connectivity index (χ2n) is 7.99. The molecule has 2 unspecified atom stereocenters. The van der Waals surface area contributed by atoms with Gasteiger partial charge in [-0.05, 0) is 28.7 Å². The van der Waals surface area contributed by atoms with Gasteiger partial charge in [-0.25, -0.2) is 13.6 Å². The zero-order chi connectivity index (χ0) is 24.0. The second kappa shape index (κ2) is 10.9. The van der Waals surface area contributed by atoms with Crippen LogP contribution in [0.1, 0.15) is 36.8 Å². The highest BCUT2D eigenvalue weighted by atomic mass is 19.3. The highest BCUT2D eigenvalue weighted by Gasteiger charge is 2.30. The molecule has 0 saturated carbocycles. The molecule has 0 aliphatic heterocycles. The second-order valence-corrected chi connectivity index (χ2v) is 7.99. The number of rotatable bonds is 10. The summed E-state index contributed by atoms with van der Waals surface area (Å²) in [7, 11) is 0. The van der Waals surface area contributed by atoms with Gasteiger partial charge in [-0.15, -0.1) is 0 Å². The van der Waals surface area contributed by atoms with Crippen LogP contribution in [0.2, 0.25) is 0 Å². The smallest absolute Gasteiger partial charge is 0.407 e. The van der Waals surface area contributed by atoms with Crippen molar-refractivity contribution in [3.8, 4) is 11.1 Å². The number of benzene rings is 2. The maximum absolute atomic E-state index is 13.4. The Bertz CT molecular complexity index is 968. The molecule has 9 heteroatoms. The number of halogens is 2. The Labute approximate surface area is 190 Å². The Morgan fingerprint density at radius 1 is 1.03 bits per heavy atom. The van der Waals surface area contributed by atoms with Crippen LogP contribution in [0.25, 0.3) is 11.1 Å². The maximum Gasteiger partial charge on any atom is 0.407 e. The maximum atomic E-state index is 13.4. The fourth-order valence-electron chi connectivity index (χ4n) is 3.82. The van der Waals surface area contributed by atoms with Crippen LogP contribution >= 0.6 is 0 Å². The first-order valence-corrected chi connectivity index (χ1v) is 10.7. The van der Waals surface area contributed by atoms with Crippen molar-refractivity contribution in [3.63, 3.8) is 0 Å². The van der Waals surface area contributed by atoms with Crippen LogP contribution < -0.4 is 10.6 Å². The van der Waals surface area contributed by atoms with Crippen LogP contribution in [0.4, 0.5) is 13.6 Å². The number of amides is 2. The highest BCUT2D eigenvalue weighted by Crippen LogP contribution is 2.44. The molecule has 2 amide bonds. The van der Waals surface area contributed by atoms with E-state index in [0.717, 1.165) is 22.3 Å². The Hall–Kier alpha value is -3.49. The van der Waals surface area contributed by atoms with Gasteiger partial charge in [0.2, 0.25) is 5.91 Å². The van der Waals surface area contributed by atoms with Crippen LogP contribution in [-0.4, -0.2) is 48.7 Å². The van der Waals surface area contributed by atoms with Crippen molar-refractivity contribution in [2.45, 2.75) is 38.2 Å². The lowest BCUT2D eigenvalue weighted by atomic mass is 9.98. The van der Waals surface area contributed by atoms with Crippen LogP contribution in [0.5, 0.6) is 0 Å². The molecule has 0 fully saturated rings. The van der Waals surface area contributed by atoms with Gasteiger partial charge in [0.25, 0.3) is 6.43 Å². The number of fused-ring (bicyclic) bond motifs is 3. The van der Waals surface area contributed by atoms with Crippen molar-refractivity contribution in [1.29, 1.82) is 0 Å². The summed E-state index contributed by atoms with van der Waals surface area (Å²) >= 11 is 0. The van der Waals surface area contributed by atoms with Gasteiger partial charge >= 0.3 is 12.1 Å². The lowest BCUT2D eigenvalue weighted by Gasteiger charge is -2.19. The molecule has 2 aromatic rings. The van der Waals surface area contributed by atoms with E-state index in [1.807, 2.05) is 48.5 Å². The molecule has 0 radical (unpaired) electrons. The minimum Gasteiger partial charge on any atom is -0.481 e. The average Bonchev–Trinajstić information content (AvgIpc) is 3.10. The molecule has 2 aromatic carbocycles. The first-order chi connectivity index (χ1) is 15.8. The number of hydrogen-bond donors (Lipinski definition) is 3. The Morgan fingerprint density at radius 3 is 2.15 bits per heavy atom. The zero-order valence-electron chi connectivity index (χ0n) is 18.1. The molecule has 0 heterocycles. The Kier molecular flexibility index (Phi) is 7.97.